The number of ether oxygens (including phenoxy) is 1. The highest BCUT2D eigenvalue weighted by Crippen LogP contribution is 2.36. The van der Waals surface area contributed by atoms with Crippen molar-refractivity contribution < 1.29 is 17.9 Å². The van der Waals surface area contributed by atoms with Crippen LogP contribution < -0.4 is 5.32 Å². The minimum Gasteiger partial charge on any atom is -0.384 e. The van der Waals surface area contributed by atoms with E-state index in [1.54, 1.807) is 0 Å². The molecule has 114 valence electrons. The standard InChI is InChI=1S/C14H19BrF3NO/c1-2-3-8-20-9-4-7-19-13-10-11(15)5-6-12(13)14(16,17)18/h5-6,10,19H,2-4,7-9H2,1H3. The van der Waals surface area contributed by atoms with Crippen LogP contribution in [0.2, 0.25) is 0 Å². The fraction of sp³-hybridized carbons (Fsp3) is 0.571. The van der Waals surface area contributed by atoms with Gasteiger partial charge in [-0.15, -0.1) is 0 Å². The van der Waals surface area contributed by atoms with Crippen molar-refractivity contribution in [3.05, 3.63) is 28.2 Å². The molecule has 1 N–H and O–H groups in total. The van der Waals surface area contributed by atoms with Gasteiger partial charge in [-0.2, -0.15) is 13.2 Å². The Labute approximate surface area is 125 Å². The van der Waals surface area contributed by atoms with E-state index in [9.17, 15) is 13.2 Å². The van der Waals surface area contributed by atoms with E-state index in [1.807, 2.05) is 0 Å². The lowest BCUT2D eigenvalue weighted by molar-refractivity contribution is -0.137. The average molecular weight is 354 g/mol. The molecule has 0 saturated heterocycles. The molecule has 0 heterocycles. The normalized spacial score (nSPS) is 11.7. The fourth-order valence-corrected chi connectivity index (χ4v) is 2.02. The van der Waals surface area contributed by atoms with E-state index < -0.39 is 11.7 Å². The maximum absolute atomic E-state index is 12.8. The van der Waals surface area contributed by atoms with E-state index in [0.29, 0.717) is 30.7 Å². The van der Waals surface area contributed by atoms with Crippen molar-refractivity contribution in [1.29, 1.82) is 0 Å². The van der Waals surface area contributed by atoms with Crippen LogP contribution in [-0.4, -0.2) is 19.8 Å². The smallest absolute Gasteiger partial charge is 0.384 e. The molecular weight excluding hydrogens is 335 g/mol. The van der Waals surface area contributed by atoms with E-state index in [2.05, 4.69) is 28.2 Å². The molecule has 0 aliphatic heterocycles. The van der Waals surface area contributed by atoms with Crippen LogP contribution in [0, 0.1) is 0 Å². The molecule has 1 aromatic carbocycles. The first-order valence-corrected chi connectivity index (χ1v) is 7.42. The van der Waals surface area contributed by atoms with Crippen LogP contribution in [0.25, 0.3) is 0 Å². The summed E-state index contributed by atoms with van der Waals surface area (Å²) in [4.78, 5) is 0. The van der Waals surface area contributed by atoms with Crippen LogP contribution in [-0.2, 0) is 10.9 Å². The van der Waals surface area contributed by atoms with Gasteiger partial charge in [0, 0.05) is 29.9 Å². The van der Waals surface area contributed by atoms with Crippen LogP contribution in [0.4, 0.5) is 18.9 Å². The Balaban J connectivity index is 2.45. The monoisotopic (exact) mass is 353 g/mol. The van der Waals surface area contributed by atoms with Crippen molar-refractivity contribution in [3.8, 4) is 0 Å². The number of nitrogens with one attached hydrogen (secondary N) is 1. The molecule has 1 aromatic rings. The van der Waals surface area contributed by atoms with E-state index >= 15 is 0 Å². The first-order valence-electron chi connectivity index (χ1n) is 6.63. The number of alkyl halides is 3. The summed E-state index contributed by atoms with van der Waals surface area (Å²) in [7, 11) is 0. The van der Waals surface area contributed by atoms with Crippen molar-refractivity contribution in [1.82, 2.24) is 0 Å². The lowest BCUT2D eigenvalue weighted by atomic mass is 10.1. The molecule has 0 bridgehead atoms. The van der Waals surface area contributed by atoms with Crippen molar-refractivity contribution >= 4 is 21.6 Å². The van der Waals surface area contributed by atoms with E-state index in [-0.39, 0.29) is 5.69 Å². The molecular formula is C14H19BrF3NO. The first kappa shape index (κ1) is 17.3. The van der Waals surface area contributed by atoms with Crippen molar-refractivity contribution in [2.45, 2.75) is 32.4 Å². The lowest BCUT2D eigenvalue weighted by Gasteiger charge is -2.15. The summed E-state index contributed by atoms with van der Waals surface area (Å²) in [6, 6.07) is 3.91. The molecule has 0 spiro atoms. The minimum atomic E-state index is -4.35. The van der Waals surface area contributed by atoms with Crippen LogP contribution in [0.3, 0.4) is 0 Å². The zero-order valence-corrected chi connectivity index (χ0v) is 13.0. The van der Waals surface area contributed by atoms with Crippen molar-refractivity contribution in [2.24, 2.45) is 0 Å². The van der Waals surface area contributed by atoms with Crippen LogP contribution >= 0.6 is 15.9 Å². The number of rotatable bonds is 8. The molecule has 0 aliphatic rings. The van der Waals surface area contributed by atoms with E-state index in [1.165, 1.54) is 12.1 Å². The molecule has 0 radical (unpaired) electrons. The quantitative estimate of drug-likeness (QED) is 0.657. The highest BCUT2D eigenvalue weighted by molar-refractivity contribution is 9.10. The van der Waals surface area contributed by atoms with Crippen molar-refractivity contribution in [3.63, 3.8) is 0 Å². The summed E-state index contributed by atoms with van der Waals surface area (Å²) < 4.78 is 44.4. The molecule has 0 amide bonds. The van der Waals surface area contributed by atoms with E-state index in [4.69, 9.17) is 4.74 Å². The Bertz CT molecular complexity index is 410. The number of halogens is 4. The molecule has 0 aliphatic carbocycles. The Morgan fingerprint density at radius 1 is 1.20 bits per heavy atom. The van der Waals surface area contributed by atoms with Gasteiger partial charge in [-0.05, 0) is 31.0 Å². The van der Waals surface area contributed by atoms with Gasteiger partial charge in [0.2, 0.25) is 0 Å². The molecule has 0 fully saturated rings. The summed E-state index contributed by atoms with van der Waals surface area (Å²) in [5.74, 6) is 0. The molecule has 1 rings (SSSR count). The van der Waals surface area contributed by atoms with E-state index in [0.717, 1.165) is 18.9 Å². The summed E-state index contributed by atoms with van der Waals surface area (Å²) >= 11 is 3.18. The molecule has 20 heavy (non-hydrogen) atoms. The maximum Gasteiger partial charge on any atom is 0.418 e. The number of hydrogen-bond acceptors (Lipinski definition) is 2. The second kappa shape index (κ2) is 8.52. The third kappa shape index (κ3) is 6.13. The summed E-state index contributed by atoms with van der Waals surface area (Å²) in [5.41, 5.74) is -0.548. The van der Waals surface area contributed by atoms with Gasteiger partial charge in [0.15, 0.2) is 0 Å². The minimum absolute atomic E-state index is 0.0976. The van der Waals surface area contributed by atoms with Gasteiger partial charge in [0.05, 0.1) is 5.56 Å². The second-order valence-corrected chi connectivity index (χ2v) is 5.35. The van der Waals surface area contributed by atoms with Gasteiger partial charge < -0.3 is 10.1 Å². The largest absolute Gasteiger partial charge is 0.418 e. The zero-order valence-electron chi connectivity index (χ0n) is 11.4. The average Bonchev–Trinajstić information content (AvgIpc) is 2.36. The molecule has 0 unspecified atom stereocenters. The predicted molar refractivity (Wildman–Crippen MR) is 78.0 cm³/mol. The molecule has 0 atom stereocenters. The zero-order chi connectivity index (χ0) is 15.0. The summed E-state index contributed by atoms with van der Waals surface area (Å²) in [6.45, 7) is 3.80. The molecule has 0 saturated carbocycles. The summed E-state index contributed by atoms with van der Waals surface area (Å²) in [5, 5.41) is 2.82. The summed E-state index contributed by atoms with van der Waals surface area (Å²) in [6.07, 6.45) is -1.59. The Kier molecular flexibility index (Phi) is 7.37. The maximum atomic E-state index is 12.8. The third-order valence-corrected chi connectivity index (χ3v) is 3.20. The number of benzene rings is 1. The third-order valence-electron chi connectivity index (χ3n) is 2.71. The number of unbranched alkanes of at least 4 members (excludes halogenated alkanes) is 1. The highest BCUT2D eigenvalue weighted by Gasteiger charge is 2.33. The lowest BCUT2D eigenvalue weighted by Crippen LogP contribution is -2.12. The topological polar surface area (TPSA) is 21.3 Å². The van der Waals surface area contributed by atoms with Gasteiger partial charge in [-0.3, -0.25) is 0 Å². The number of hydrogen-bond donors (Lipinski definition) is 1. The van der Waals surface area contributed by atoms with Gasteiger partial charge >= 0.3 is 6.18 Å². The Morgan fingerprint density at radius 3 is 2.55 bits per heavy atom. The molecule has 6 heteroatoms. The second-order valence-electron chi connectivity index (χ2n) is 4.43. The Morgan fingerprint density at radius 2 is 1.90 bits per heavy atom. The van der Waals surface area contributed by atoms with Crippen LogP contribution in [0.15, 0.2) is 22.7 Å². The van der Waals surface area contributed by atoms with Gasteiger partial charge in [-0.25, -0.2) is 0 Å². The highest BCUT2D eigenvalue weighted by atomic mass is 79.9. The fourth-order valence-electron chi connectivity index (χ4n) is 1.66. The first-order chi connectivity index (χ1) is 9.45. The molecule has 2 nitrogen and oxygen atoms in total. The SMILES string of the molecule is CCCCOCCCNc1cc(Br)ccc1C(F)(F)F. The number of anilines is 1. The van der Waals surface area contributed by atoms with Crippen LogP contribution in [0.5, 0.6) is 0 Å². The van der Waals surface area contributed by atoms with Gasteiger partial charge in [0.25, 0.3) is 0 Å². The molecule has 0 aromatic heterocycles. The Hall–Kier alpha value is -0.750. The van der Waals surface area contributed by atoms with Gasteiger partial charge in [0.1, 0.15) is 0 Å². The van der Waals surface area contributed by atoms with Crippen LogP contribution in [0.1, 0.15) is 31.7 Å². The van der Waals surface area contributed by atoms with Gasteiger partial charge in [-0.1, -0.05) is 29.3 Å². The van der Waals surface area contributed by atoms with Crippen molar-refractivity contribution in [2.75, 3.05) is 25.1 Å². The predicted octanol–water partition coefficient (Wildman–Crippen LogP) is 5.09.